The first-order valence-corrected chi connectivity index (χ1v) is 7.55. The van der Waals surface area contributed by atoms with Crippen molar-refractivity contribution < 1.29 is 9.18 Å². The summed E-state index contributed by atoms with van der Waals surface area (Å²) in [6, 6.07) is 12.2. The Hall–Kier alpha value is -1.48. The van der Waals surface area contributed by atoms with Crippen LogP contribution >= 0.6 is 15.9 Å². The number of hydrogen-bond donors (Lipinski definition) is 0. The molecule has 0 radical (unpaired) electrons. The van der Waals surface area contributed by atoms with E-state index in [1.165, 1.54) is 12.5 Å². The SMILES string of the molecule is O=C(c1ccc(Br)cc1F)c1ccccc1C1CCC1. The van der Waals surface area contributed by atoms with E-state index < -0.39 is 5.82 Å². The van der Waals surface area contributed by atoms with Crippen LogP contribution in [0.5, 0.6) is 0 Å². The molecule has 1 aliphatic rings. The first-order valence-electron chi connectivity index (χ1n) is 6.75. The highest BCUT2D eigenvalue weighted by molar-refractivity contribution is 9.10. The molecule has 2 aromatic carbocycles. The van der Waals surface area contributed by atoms with Crippen LogP contribution in [0.1, 0.15) is 46.7 Å². The summed E-state index contributed by atoms with van der Waals surface area (Å²) < 4.78 is 14.6. The second kappa shape index (κ2) is 5.49. The molecular formula is C17H14BrFO. The summed E-state index contributed by atoms with van der Waals surface area (Å²) in [5.74, 6) is -0.251. The Balaban J connectivity index is 2.02. The van der Waals surface area contributed by atoms with Crippen molar-refractivity contribution >= 4 is 21.7 Å². The van der Waals surface area contributed by atoms with Gasteiger partial charge in [0.05, 0.1) is 5.56 Å². The van der Waals surface area contributed by atoms with Gasteiger partial charge < -0.3 is 0 Å². The number of hydrogen-bond acceptors (Lipinski definition) is 1. The van der Waals surface area contributed by atoms with E-state index in [1.54, 1.807) is 18.2 Å². The van der Waals surface area contributed by atoms with Crippen molar-refractivity contribution in [2.45, 2.75) is 25.2 Å². The number of rotatable bonds is 3. The summed E-state index contributed by atoms with van der Waals surface area (Å²) in [6.07, 6.45) is 3.44. The highest BCUT2D eigenvalue weighted by Gasteiger charge is 2.25. The van der Waals surface area contributed by atoms with Gasteiger partial charge >= 0.3 is 0 Å². The molecule has 2 aromatic rings. The van der Waals surface area contributed by atoms with Gasteiger partial charge in [-0.3, -0.25) is 4.79 Å². The number of ketones is 1. The molecule has 0 aromatic heterocycles. The average Bonchev–Trinajstić information content (AvgIpc) is 2.37. The number of carbonyl (C=O) groups is 1. The van der Waals surface area contributed by atoms with Gasteiger partial charge in [-0.15, -0.1) is 0 Å². The largest absolute Gasteiger partial charge is 0.288 e. The lowest BCUT2D eigenvalue weighted by atomic mass is 9.77. The van der Waals surface area contributed by atoms with E-state index in [1.807, 2.05) is 18.2 Å². The van der Waals surface area contributed by atoms with E-state index in [4.69, 9.17) is 0 Å². The summed E-state index contributed by atoms with van der Waals surface area (Å²) in [7, 11) is 0. The Morgan fingerprint density at radius 2 is 1.85 bits per heavy atom. The predicted octanol–water partition coefficient (Wildman–Crippen LogP) is 5.09. The Bertz CT molecular complexity index is 662. The standard InChI is InChI=1S/C17H14BrFO/c18-12-8-9-15(16(19)10-12)17(20)14-7-2-1-6-13(14)11-4-3-5-11/h1-2,6-11H,3-5H2. The topological polar surface area (TPSA) is 17.1 Å². The minimum absolute atomic E-state index is 0.139. The summed E-state index contributed by atoms with van der Waals surface area (Å²) >= 11 is 3.21. The fourth-order valence-corrected chi connectivity index (χ4v) is 2.93. The van der Waals surface area contributed by atoms with Crippen LogP contribution < -0.4 is 0 Å². The van der Waals surface area contributed by atoms with Crippen LogP contribution in [0.3, 0.4) is 0 Å². The Kier molecular flexibility index (Phi) is 3.70. The zero-order valence-electron chi connectivity index (χ0n) is 10.9. The highest BCUT2D eigenvalue weighted by atomic mass is 79.9. The Morgan fingerprint density at radius 3 is 2.50 bits per heavy atom. The van der Waals surface area contributed by atoms with Crippen LogP contribution in [-0.4, -0.2) is 5.78 Å². The third-order valence-electron chi connectivity index (χ3n) is 3.93. The molecule has 0 spiro atoms. The normalized spacial score (nSPS) is 14.9. The first-order chi connectivity index (χ1) is 9.66. The maximum absolute atomic E-state index is 14.0. The minimum Gasteiger partial charge on any atom is -0.288 e. The van der Waals surface area contributed by atoms with Crippen LogP contribution in [-0.2, 0) is 0 Å². The van der Waals surface area contributed by atoms with Crippen LogP contribution in [0.2, 0.25) is 0 Å². The van der Waals surface area contributed by atoms with E-state index in [0.717, 1.165) is 18.4 Å². The van der Waals surface area contributed by atoms with E-state index in [0.29, 0.717) is 16.0 Å². The summed E-state index contributed by atoms with van der Waals surface area (Å²) in [5.41, 5.74) is 1.84. The van der Waals surface area contributed by atoms with E-state index >= 15 is 0 Å². The summed E-state index contributed by atoms with van der Waals surface area (Å²) in [6.45, 7) is 0. The molecule has 1 saturated carbocycles. The molecule has 0 saturated heterocycles. The highest BCUT2D eigenvalue weighted by Crippen LogP contribution is 2.38. The first kappa shape index (κ1) is 13.5. The van der Waals surface area contributed by atoms with E-state index in [2.05, 4.69) is 15.9 Å². The molecule has 1 fully saturated rings. The summed E-state index contributed by atoms with van der Waals surface area (Å²) in [5, 5.41) is 0. The molecule has 0 bridgehead atoms. The molecule has 0 N–H and O–H groups in total. The molecule has 0 aliphatic heterocycles. The molecule has 20 heavy (non-hydrogen) atoms. The van der Waals surface area contributed by atoms with Gasteiger partial charge in [0.2, 0.25) is 0 Å². The second-order valence-electron chi connectivity index (χ2n) is 5.17. The van der Waals surface area contributed by atoms with Crippen molar-refractivity contribution in [3.05, 3.63) is 69.4 Å². The molecule has 102 valence electrons. The van der Waals surface area contributed by atoms with Crippen molar-refractivity contribution in [3.8, 4) is 0 Å². The number of benzene rings is 2. The smallest absolute Gasteiger partial charge is 0.196 e. The van der Waals surface area contributed by atoms with Crippen molar-refractivity contribution in [2.75, 3.05) is 0 Å². The Labute approximate surface area is 126 Å². The monoisotopic (exact) mass is 332 g/mol. The fourth-order valence-electron chi connectivity index (χ4n) is 2.60. The van der Waals surface area contributed by atoms with Gasteiger partial charge in [0.1, 0.15) is 5.82 Å². The summed E-state index contributed by atoms with van der Waals surface area (Å²) in [4.78, 5) is 12.6. The average molecular weight is 333 g/mol. The van der Waals surface area contributed by atoms with Gasteiger partial charge in [-0.05, 0) is 42.5 Å². The third-order valence-corrected chi connectivity index (χ3v) is 4.42. The molecule has 3 rings (SSSR count). The van der Waals surface area contributed by atoms with Crippen LogP contribution in [0.25, 0.3) is 0 Å². The predicted molar refractivity (Wildman–Crippen MR) is 80.6 cm³/mol. The van der Waals surface area contributed by atoms with Crippen molar-refractivity contribution in [1.82, 2.24) is 0 Å². The quantitative estimate of drug-likeness (QED) is 0.716. The van der Waals surface area contributed by atoms with Gasteiger partial charge in [0.25, 0.3) is 0 Å². The van der Waals surface area contributed by atoms with Gasteiger partial charge in [-0.25, -0.2) is 4.39 Å². The lowest BCUT2D eigenvalue weighted by Crippen LogP contribution is -2.15. The molecular weight excluding hydrogens is 319 g/mol. The van der Waals surface area contributed by atoms with Gasteiger partial charge in [-0.1, -0.05) is 46.6 Å². The molecule has 0 atom stereocenters. The van der Waals surface area contributed by atoms with Crippen molar-refractivity contribution in [1.29, 1.82) is 0 Å². The lowest BCUT2D eigenvalue weighted by molar-refractivity contribution is 0.103. The van der Waals surface area contributed by atoms with Crippen molar-refractivity contribution in [2.24, 2.45) is 0 Å². The van der Waals surface area contributed by atoms with Crippen LogP contribution in [0.15, 0.2) is 46.9 Å². The number of halogens is 2. The Morgan fingerprint density at radius 1 is 1.10 bits per heavy atom. The maximum atomic E-state index is 14.0. The van der Waals surface area contributed by atoms with Gasteiger partial charge in [-0.2, -0.15) is 0 Å². The molecule has 1 aliphatic carbocycles. The van der Waals surface area contributed by atoms with E-state index in [-0.39, 0.29) is 11.3 Å². The minimum atomic E-state index is -0.479. The maximum Gasteiger partial charge on any atom is 0.196 e. The van der Waals surface area contributed by atoms with Gasteiger partial charge in [0.15, 0.2) is 5.78 Å². The third kappa shape index (κ3) is 2.42. The lowest BCUT2D eigenvalue weighted by Gasteiger charge is -2.27. The fraction of sp³-hybridized carbons (Fsp3) is 0.235. The molecule has 3 heteroatoms. The van der Waals surface area contributed by atoms with Crippen LogP contribution in [0.4, 0.5) is 4.39 Å². The number of carbonyl (C=O) groups excluding carboxylic acids is 1. The van der Waals surface area contributed by atoms with Crippen molar-refractivity contribution in [3.63, 3.8) is 0 Å². The molecule has 0 heterocycles. The van der Waals surface area contributed by atoms with Crippen LogP contribution in [0, 0.1) is 5.82 Å². The van der Waals surface area contributed by atoms with E-state index in [9.17, 15) is 9.18 Å². The second-order valence-corrected chi connectivity index (χ2v) is 6.08. The zero-order valence-corrected chi connectivity index (χ0v) is 12.5. The zero-order chi connectivity index (χ0) is 14.1. The van der Waals surface area contributed by atoms with Gasteiger partial charge in [0, 0.05) is 10.0 Å². The molecule has 0 amide bonds. The molecule has 1 nitrogen and oxygen atoms in total. The molecule has 0 unspecified atom stereocenters.